The Kier molecular flexibility index (Phi) is 6.23. The van der Waals surface area contributed by atoms with Crippen molar-refractivity contribution in [1.29, 1.82) is 0 Å². The minimum atomic E-state index is -0.775. The summed E-state index contributed by atoms with van der Waals surface area (Å²) in [7, 11) is 0. The van der Waals surface area contributed by atoms with Crippen molar-refractivity contribution in [2.45, 2.75) is 27.4 Å². The Morgan fingerprint density at radius 2 is 1.92 bits per heavy atom. The molecule has 6 heteroatoms. The Morgan fingerprint density at radius 3 is 2.54 bits per heavy atom. The number of benzene rings is 1. The average Bonchev–Trinajstić information content (AvgIpc) is 2.59. The summed E-state index contributed by atoms with van der Waals surface area (Å²) < 4.78 is 23.6. The molecule has 0 atom stereocenters. The number of aromatic nitrogens is 2. The number of hydrogen-bond donors (Lipinski definition) is 0. The smallest absolute Gasteiger partial charge is 0.220 e. The van der Waals surface area contributed by atoms with Gasteiger partial charge in [-0.3, -0.25) is 4.79 Å². The lowest BCUT2D eigenvalue weighted by atomic mass is 10.1. The Labute approximate surface area is 140 Å². The quantitative estimate of drug-likeness (QED) is 0.692. The summed E-state index contributed by atoms with van der Waals surface area (Å²) in [5, 5.41) is 0. The fourth-order valence-electron chi connectivity index (χ4n) is 1.89. The number of aryl methyl sites for hydroxylation is 1. The molecule has 0 unspecified atom stereocenters. The minimum Gasteiger partial charge on any atom is -0.493 e. The van der Waals surface area contributed by atoms with Crippen LogP contribution >= 0.6 is 0 Å². The van der Waals surface area contributed by atoms with Gasteiger partial charge in [-0.1, -0.05) is 13.8 Å². The van der Waals surface area contributed by atoms with Crippen molar-refractivity contribution in [3.63, 3.8) is 0 Å². The van der Waals surface area contributed by atoms with E-state index >= 15 is 0 Å². The molecule has 0 saturated carbocycles. The predicted molar refractivity (Wildman–Crippen MR) is 88.2 cm³/mol. The lowest BCUT2D eigenvalue weighted by molar-refractivity contribution is 0.0917. The first kappa shape index (κ1) is 17.8. The van der Waals surface area contributed by atoms with Gasteiger partial charge in [0, 0.05) is 17.3 Å². The second-order valence-corrected chi connectivity index (χ2v) is 5.85. The molecule has 0 fully saturated rings. The van der Waals surface area contributed by atoms with Gasteiger partial charge in [-0.05, 0) is 37.1 Å². The average molecular weight is 332 g/mol. The Bertz CT molecular complexity index is 687. The molecule has 5 nitrogen and oxygen atoms in total. The van der Waals surface area contributed by atoms with Crippen molar-refractivity contribution in [1.82, 2.24) is 9.97 Å². The van der Waals surface area contributed by atoms with E-state index in [1.54, 1.807) is 31.2 Å². The highest BCUT2D eigenvalue weighted by molar-refractivity contribution is 5.97. The topological polar surface area (TPSA) is 61.3 Å². The maximum absolute atomic E-state index is 12.6. The Hall–Kier alpha value is -2.50. The van der Waals surface area contributed by atoms with Crippen LogP contribution in [0.1, 0.15) is 35.6 Å². The maximum atomic E-state index is 12.6. The second-order valence-electron chi connectivity index (χ2n) is 5.85. The van der Waals surface area contributed by atoms with Gasteiger partial charge in [0.05, 0.1) is 6.61 Å². The minimum absolute atomic E-state index is 0.0368. The zero-order chi connectivity index (χ0) is 17.5. The van der Waals surface area contributed by atoms with E-state index in [1.807, 2.05) is 0 Å². The fourth-order valence-corrected chi connectivity index (χ4v) is 1.89. The molecule has 128 valence electrons. The van der Waals surface area contributed by atoms with Gasteiger partial charge in [-0.15, -0.1) is 0 Å². The number of ether oxygens (including phenoxy) is 2. The number of nitrogens with zero attached hydrogens (tertiary/aromatic N) is 2. The van der Waals surface area contributed by atoms with Crippen molar-refractivity contribution in [3.8, 4) is 11.6 Å². The molecule has 0 aliphatic rings. The predicted octanol–water partition coefficient (Wildman–Crippen LogP) is 3.55. The van der Waals surface area contributed by atoms with E-state index in [1.165, 1.54) is 6.20 Å². The molecule has 0 spiro atoms. The summed E-state index contributed by atoms with van der Waals surface area (Å²) in [6.45, 7) is 5.55. The van der Waals surface area contributed by atoms with Gasteiger partial charge in [-0.2, -0.15) is 4.98 Å². The van der Waals surface area contributed by atoms with Gasteiger partial charge in [0.25, 0.3) is 0 Å². The number of rotatable bonds is 8. The van der Waals surface area contributed by atoms with Crippen LogP contribution in [0.2, 0.25) is 0 Å². The van der Waals surface area contributed by atoms with E-state index in [9.17, 15) is 9.18 Å². The number of hydrogen-bond acceptors (Lipinski definition) is 5. The van der Waals surface area contributed by atoms with Crippen LogP contribution in [0.25, 0.3) is 0 Å². The number of Topliss-reactive ketones (excluding diaryl/α,β-unsaturated/α-hetero) is 1. The van der Waals surface area contributed by atoms with Crippen LogP contribution in [-0.2, 0) is 6.67 Å². The van der Waals surface area contributed by atoms with Gasteiger partial charge in [0.15, 0.2) is 18.2 Å². The molecule has 1 aromatic carbocycles. The van der Waals surface area contributed by atoms with Crippen molar-refractivity contribution < 1.29 is 18.7 Å². The number of carbonyl (C=O) groups is 1. The summed E-state index contributed by atoms with van der Waals surface area (Å²) in [5.74, 6) is 1.23. The normalized spacial score (nSPS) is 10.7. The largest absolute Gasteiger partial charge is 0.493 e. The molecular weight excluding hydrogens is 311 g/mol. The van der Waals surface area contributed by atoms with Gasteiger partial charge in [0.1, 0.15) is 12.4 Å². The third kappa shape index (κ3) is 5.01. The molecule has 24 heavy (non-hydrogen) atoms. The first-order chi connectivity index (χ1) is 11.5. The zero-order valence-electron chi connectivity index (χ0n) is 14.1. The molecule has 0 N–H and O–H groups in total. The van der Waals surface area contributed by atoms with Crippen LogP contribution in [0.15, 0.2) is 30.5 Å². The Balaban J connectivity index is 1.95. The summed E-state index contributed by atoms with van der Waals surface area (Å²) >= 11 is 0. The highest BCUT2D eigenvalue weighted by atomic mass is 19.1. The fraction of sp³-hybridized carbons (Fsp3) is 0.389. The molecule has 1 aromatic heterocycles. The summed E-state index contributed by atoms with van der Waals surface area (Å²) in [5.41, 5.74) is 1.17. The Morgan fingerprint density at radius 1 is 1.21 bits per heavy atom. The van der Waals surface area contributed by atoms with Gasteiger partial charge >= 0.3 is 0 Å². The van der Waals surface area contributed by atoms with Crippen LogP contribution in [0, 0.1) is 12.8 Å². The highest BCUT2D eigenvalue weighted by Gasteiger charge is 2.10. The molecule has 0 saturated heterocycles. The molecular formula is C18H21FN2O3. The van der Waals surface area contributed by atoms with Crippen molar-refractivity contribution in [2.75, 3.05) is 13.2 Å². The van der Waals surface area contributed by atoms with Gasteiger partial charge < -0.3 is 9.47 Å². The van der Waals surface area contributed by atoms with Crippen LogP contribution in [0.5, 0.6) is 11.6 Å². The number of carbonyl (C=O) groups excluding carboxylic acids is 1. The van der Waals surface area contributed by atoms with Crippen LogP contribution in [-0.4, -0.2) is 29.0 Å². The van der Waals surface area contributed by atoms with E-state index in [0.717, 1.165) is 5.75 Å². The van der Waals surface area contributed by atoms with E-state index in [2.05, 4.69) is 23.8 Å². The summed E-state index contributed by atoms with van der Waals surface area (Å²) in [6, 6.07) is 6.90. The molecule has 1 heterocycles. The monoisotopic (exact) mass is 332 g/mol. The van der Waals surface area contributed by atoms with E-state index in [0.29, 0.717) is 23.7 Å². The SMILES string of the molecule is Cc1cnc(CF)nc1OCC(=O)c1ccc(OCC(C)C)cc1. The summed E-state index contributed by atoms with van der Waals surface area (Å²) in [4.78, 5) is 19.9. The molecule has 2 rings (SSSR count). The highest BCUT2D eigenvalue weighted by Crippen LogP contribution is 2.16. The van der Waals surface area contributed by atoms with Crippen LogP contribution in [0.4, 0.5) is 4.39 Å². The van der Waals surface area contributed by atoms with Crippen LogP contribution < -0.4 is 9.47 Å². The number of halogens is 1. The van der Waals surface area contributed by atoms with Gasteiger partial charge in [0.2, 0.25) is 5.88 Å². The maximum Gasteiger partial charge on any atom is 0.220 e. The molecule has 0 aliphatic carbocycles. The van der Waals surface area contributed by atoms with Crippen molar-refractivity contribution >= 4 is 5.78 Å². The molecule has 0 radical (unpaired) electrons. The van der Waals surface area contributed by atoms with E-state index < -0.39 is 6.67 Å². The third-order valence-corrected chi connectivity index (χ3v) is 3.19. The van der Waals surface area contributed by atoms with E-state index in [-0.39, 0.29) is 24.1 Å². The lowest BCUT2D eigenvalue weighted by Crippen LogP contribution is -2.13. The molecule has 0 amide bonds. The molecule has 2 aromatic rings. The van der Waals surface area contributed by atoms with Crippen molar-refractivity contribution in [3.05, 3.63) is 47.4 Å². The lowest BCUT2D eigenvalue weighted by Gasteiger charge is -2.10. The van der Waals surface area contributed by atoms with Crippen molar-refractivity contribution in [2.24, 2.45) is 5.92 Å². The molecule has 0 aliphatic heterocycles. The molecule has 0 bridgehead atoms. The summed E-state index contributed by atoms with van der Waals surface area (Å²) in [6.07, 6.45) is 1.47. The first-order valence-corrected chi connectivity index (χ1v) is 7.77. The number of ketones is 1. The third-order valence-electron chi connectivity index (χ3n) is 3.19. The van der Waals surface area contributed by atoms with Gasteiger partial charge in [-0.25, -0.2) is 9.37 Å². The van der Waals surface area contributed by atoms with E-state index in [4.69, 9.17) is 9.47 Å². The van der Waals surface area contributed by atoms with Crippen LogP contribution in [0.3, 0.4) is 0 Å². The standard InChI is InChI=1S/C18H21FN2O3/c1-12(2)10-23-15-6-4-14(5-7-15)16(22)11-24-18-13(3)9-20-17(8-19)21-18/h4-7,9,12H,8,10-11H2,1-3H3. The zero-order valence-corrected chi connectivity index (χ0v) is 14.1. The first-order valence-electron chi connectivity index (χ1n) is 7.77. The second kappa shape index (κ2) is 8.38. The number of alkyl halides is 1.